The monoisotopic (exact) mass is 468 g/mol. The zero-order chi connectivity index (χ0) is 16.8. The molecule has 2 heterocycles. The van der Waals surface area contributed by atoms with Gasteiger partial charge in [-0.3, -0.25) is 4.99 Å². The quantitative estimate of drug-likeness (QED) is 0.335. The second kappa shape index (κ2) is 9.57. The average molecular weight is 468 g/mol. The molecule has 0 amide bonds. The molecule has 0 aliphatic rings. The van der Waals surface area contributed by atoms with E-state index in [0.29, 0.717) is 12.4 Å². The van der Waals surface area contributed by atoms with Crippen molar-refractivity contribution in [1.29, 1.82) is 0 Å². The molecular formula is C18H21IN4OS. The summed E-state index contributed by atoms with van der Waals surface area (Å²) >= 11 is 1.69. The number of hydrogen-bond acceptors (Lipinski definition) is 4. The number of guanidine groups is 1. The van der Waals surface area contributed by atoms with Crippen molar-refractivity contribution < 1.29 is 4.42 Å². The summed E-state index contributed by atoms with van der Waals surface area (Å²) < 4.78 is 5.57. The fourth-order valence-corrected chi connectivity index (χ4v) is 2.86. The van der Waals surface area contributed by atoms with Gasteiger partial charge in [0, 0.05) is 19.2 Å². The van der Waals surface area contributed by atoms with Crippen LogP contribution in [0.5, 0.6) is 0 Å². The summed E-state index contributed by atoms with van der Waals surface area (Å²) in [7, 11) is 1.75. The van der Waals surface area contributed by atoms with Crippen LogP contribution < -0.4 is 10.6 Å². The van der Waals surface area contributed by atoms with Crippen molar-refractivity contribution in [2.45, 2.75) is 20.0 Å². The molecule has 2 aromatic heterocycles. The molecule has 7 heteroatoms. The fraction of sp³-hybridized carbons (Fsp3) is 0.222. The van der Waals surface area contributed by atoms with Crippen molar-refractivity contribution in [1.82, 2.24) is 15.6 Å². The molecule has 3 rings (SSSR count). The summed E-state index contributed by atoms with van der Waals surface area (Å²) in [6, 6.07) is 10.2. The molecule has 0 radical (unpaired) electrons. The Morgan fingerprint density at radius 3 is 2.60 bits per heavy atom. The number of aliphatic imine (C=N–C) groups is 1. The van der Waals surface area contributed by atoms with E-state index in [1.807, 2.05) is 24.3 Å². The normalized spacial score (nSPS) is 11.0. The standard InChI is InChI=1S/C18H20N4OS.HI/c1-13-3-5-15(6-4-13)17-22-16(11-23-17)10-21-18(19-2)20-9-14-7-8-24-12-14;/h3-8,11-12H,9-10H2,1-2H3,(H2,19,20,21);1H. The van der Waals surface area contributed by atoms with E-state index in [1.165, 1.54) is 11.1 Å². The van der Waals surface area contributed by atoms with E-state index in [9.17, 15) is 0 Å². The molecule has 132 valence electrons. The molecule has 0 bridgehead atoms. The van der Waals surface area contributed by atoms with Gasteiger partial charge < -0.3 is 15.1 Å². The Morgan fingerprint density at radius 1 is 1.16 bits per heavy atom. The first-order valence-electron chi connectivity index (χ1n) is 7.71. The molecule has 2 N–H and O–H groups in total. The van der Waals surface area contributed by atoms with Gasteiger partial charge in [-0.25, -0.2) is 4.98 Å². The van der Waals surface area contributed by atoms with Crippen molar-refractivity contribution in [2.75, 3.05) is 7.05 Å². The van der Waals surface area contributed by atoms with Crippen molar-refractivity contribution >= 4 is 41.3 Å². The van der Waals surface area contributed by atoms with Crippen LogP contribution in [0.1, 0.15) is 16.8 Å². The summed E-state index contributed by atoms with van der Waals surface area (Å²) in [5.41, 5.74) is 4.27. The molecule has 25 heavy (non-hydrogen) atoms. The van der Waals surface area contributed by atoms with Gasteiger partial charge in [-0.2, -0.15) is 11.3 Å². The molecular weight excluding hydrogens is 447 g/mol. The lowest BCUT2D eigenvalue weighted by atomic mass is 10.1. The maximum Gasteiger partial charge on any atom is 0.226 e. The Balaban J connectivity index is 0.00000225. The van der Waals surface area contributed by atoms with Crippen molar-refractivity contribution in [3.05, 3.63) is 64.2 Å². The first kappa shape index (κ1) is 19.5. The van der Waals surface area contributed by atoms with Crippen LogP contribution in [0, 0.1) is 6.92 Å². The number of hydrogen-bond donors (Lipinski definition) is 2. The SMILES string of the molecule is CN=C(NCc1ccsc1)NCc1coc(-c2ccc(C)cc2)n1.I. The third kappa shape index (κ3) is 5.57. The number of nitrogens with one attached hydrogen (secondary N) is 2. The lowest BCUT2D eigenvalue weighted by molar-refractivity contribution is 0.572. The van der Waals surface area contributed by atoms with Crippen LogP contribution in [0.25, 0.3) is 11.5 Å². The van der Waals surface area contributed by atoms with Gasteiger partial charge in [0.25, 0.3) is 0 Å². The maximum atomic E-state index is 5.57. The molecule has 3 aromatic rings. The number of aryl methyl sites for hydroxylation is 1. The van der Waals surface area contributed by atoms with Crippen LogP contribution in [0.15, 0.2) is 56.8 Å². The summed E-state index contributed by atoms with van der Waals surface area (Å²) in [5.74, 6) is 1.37. The second-order valence-electron chi connectivity index (χ2n) is 5.42. The molecule has 0 aliphatic carbocycles. The molecule has 0 aliphatic heterocycles. The summed E-state index contributed by atoms with van der Waals surface area (Å²) in [4.78, 5) is 8.73. The number of thiophene rings is 1. The summed E-state index contributed by atoms with van der Waals surface area (Å²) in [6.45, 7) is 3.36. The van der Waals surface area contributed by atoms with Crippen LogP contribution in [-0.2, 0) is 13.1 Å². The van der Waals surface area contributed by atoms with Crippen molar-refractivity contribution in [3.63, 3.8) is 0 Å². The Labute approximate surface area is 168 Å². The molecule has 0 unspecified atom stereocenters. The first-order chi connectivity index (χ1) is 11.7. The minimum absolute atomic E-state index is 0. The van der Waals surface area contributed by atoms with Crippen LogP contribution in [0.4, 0.5) is 0 Å². The third-order valence-electron chi connectivity index (χ3n) is 3.55. The van der Waals surface area contributed by atoms with Crippen LogP contribution in [0.3, 0.4) is 0 Å². The van der Waals surface area contributed by atoms with E-state index in [2.05, 4.69) is 44.4 Å². The van der Waals surface area contributed by atoms with Gasteiger partial charge in [-0.1, -0.05) is 17.7 Å². The lowest BCUT2D eigenvalue weighted by Gasteiger charge is -2.09. The van der Waals surface area contributed by atoms with Crippen molar-refractivity contribution in [3.8, 4) is 11.5 Å². The van der Waals surface area contributed by atoms with Gasteiger partial charge in [-0.15, -0.1) is 24.0 Å². The van der Waals surface area contributed by atoms with Gasteiger partial charge >= 0.3 is 0 Å². The maximum absolute atomic E-state index is 5.57. The number of oxazole rings is 1. The van der Waals surface area contributed by atoms with Gasteiger partial charge in [0.05, 0.1) is 12.2 Å². The number of nitrogens with zero attached hydrogens (tertiary/aromatic N) is 2. The predicted octanol–water partition coefficient (Wildman–Crippen LogP) is 4.19. The number of halogens is 1. The van der Waals surface area contributed by atoms with Gasteiger partial charge in [-0.05, 0) is 41.4 Å². The van der Waals surface area contributed by atoms with Crippen LogP contribution >= 0.6 is 35.3 Å². The molecule has 0 saturated carbocycles. The van der Waals surface area contributed by atoms with Gasteiger partial charge in [0.1, 0.15) is 6.26 Å². The highest BCUT2D eigenvalue weighted by atomic mass is 127. The zero-order valence-electron chi connectivity index (χ0n) is 14.2. The average Bonchev–Trinajstić information content (AvgIpc) is 3.27. The molecule has 1 aromatic carbocycles. The molecule has 5 nitrogen and oxygen atoms in total. The molecule has 0 saturated heterocycles. The largest absolute Gasteiger partial charge is 0.444 e. The number of benzene rings is 1. The molecule has 0 spiro atoms. The molecule has 0 fully saturated rings. The molecule has 0 atom stereocenters. The van der Waals surface area contributed by atoms with Gasteiger partial charge in [0.2, 0.25) is 5.89 Å². The van der Waals surface area contributed by atoms with E-state index in [1.54, 1.807) is 24.6 Å². The Hall–Kier alpha value is -1.87. The predicted molar refractivity (Wildman–Crippen MR) is 113 cm³/mol. The zero-order valence-corrected chi connectivity index (χ0v) is 17.3. The Kier molecular flexibility index (Phi) is 7.45. The number of aromatic nitrogens is 1. The smallest absolute Gasteiger partial charge is 0.226 e. The second-order valence-corrected chi connectivity index (χ2v) is 6.20. The van der Waals surface area contributed by atoms with E-state index in [0.717, 1.165) is 23.8 Å². The van der Waals surface area contributed by atoms with E-state index >= 15 is 0 Å². The third-order valence-corrected chi connectivity index (χ3v) is 4.28. The minimum atomic E-state index is 0. The highest BCUT2D eigenvalue weighted by Crippen LogP contribution is 2.18. The summed E-state index contributed by atoms with van der Waals surface area (Å²) in [5, 5.41) is 10.7. The van der Waals surface area contributed by atoms with Crippen LogP contribution in [0.2, 0.25) is 0 Å². The van der Waals surface area contributed by atoms with E-state index in [-0.39, 0.29) is 24.0 Å². The van der Waals surface area contributed by atoms with Crippen LogP contribution in [-0.4, -0.2) is 18.0 Å². The highest BCUT2D eigenvalue weighted by molar-refractivity contribution is 14.0. The van der Waals surface area contributed by atoms with E-state index < -0.39 is 0 Å². The topological polar surface area (TPSA) is 62.5 Å². The fourth-order valence-electron chi connectivity index (χ4n) is 2.19. The van der Waals surface area contributed by atoms with Crippen molar-refractivity contribution in [2.24, 2.45) is 4.99 Å². The first-order valence-corrected chi connectivity index (χ1v) is 8.66. The van der Waals surface area contributed by atoms with Gasteiger partial charge in [0.15, 0.2) is 5.96 Å². The number of rotatable bonds is 5. The Morgan fingerprint density at radius 2 is 1.92 bits per heavy atom. The minimum Gasteiger partial charge on any atom is -0.444 e. The Bertz CT molecular complexity index is 797. The van der Waals surface area contributed by atoms with E-state index in [4.69, 9.17) is 4.42 Å². The summed E-state index contributed by atoms with van der Waals surface area (Å²) in [6.07, 6.45) is 1.67. The lowest BCUT2D eigenvalue weighted by Crippen LogP contribution is -2.36. The highest BCUT2D eigenvalue weighted by Gasteiger charge is 2.07.